The number of hydrogen-bond acceptors (Lipinski definition) is 2. The summed E-state index contributed by atoms with van der Waals surface area (Å²) in [6, 6.07) is 7.93. The van der Waals surface area contributed by atoms with Crippen molar-refractivity contribution in [3.8, 4) is 5.69 Å². The fourth-order valence-corrected chi connectivity index (χ4v) is 2.04. The largest absolute Gasteiger partial charge is 0.330 e. The highest BCUT2D eigenvalue weighted by atomic mass is 16.1. The van der Waals surface area contributed by atoms with E-state index in [0.717, 1.165) is 17.7 Å². The monoisotopic (exact) mass is 231 g/mol. The molecule has 0 saturated heterocycles. The van der Waals surface area contributed by atoms with Gasteiger partial charge in [0.1, 0.15) is 0 Å². The Morgan fingerprint density at radius 2 is 2.18 bits per heavy atom. The smallest absolute Gasteiger partial charge is 0.330 e. The molecule has 0 spiro atoms. The first kappa shape index (κ1) is 11.7. The summed E-state index contributed by atoms with van der Waals surface area (Å²) >= 11 is 0. The van der Waals surface area contributed by atoms with E-state index >= 15 is 0 Å². The number of hydrogen-bond donors (Lipinski definition) is 2. The Bertz CT molecular complexity index is 541. The molecule has 0 bridgehead atoms. The van der Waals surface area contributed by atoms with Crippen molar-refractivity contribution in [2.75, 3.05) is 6.54 Å². The summed E-state index contributed by atoms with van der Waals surface area (Å²) in [5.41, 5.74) is 7.56. The van der Waals surface area contributed by atoms with Crippen LogP contribution < -0.4 is 11.4 Å². The predicted molar refractivity (Wildman–Crippen MR) is 68.5 cm³/mol. The van der Waals surface area contributed by atoms with Crippen LogP contribution >= 0.6 is 0 Å². The van der Waals surface area contributed by atoms with Crippen molar-refractivity contribution in [2.45, 2.75) is 19.3 Å². The lowest BCUT2D eigenvalue weighted by molar-refractivity contribution is 0.684. The Kier molecular flexibility index (Phi) is 3.44. The number of benzene rings is 1. The van der Waals surface area contributed by atoms with Crippen LogP contribution in [0.3, 0.4) is 0 Å². The molecule has 90 valence electrons. The molecule has 1 heterocycles. The first-order valence-electron chi connectivity index (χ1n) is 5.79. The van der Waals surface area contributed by atoms with E-state index in [-0.39, 0.29) is 5.69 Å². The van der Waals surface area contributed by atoms with Crippen molar-refractivity contribution in [3.05, 3.63) is 52.7 Å². The summed E-state index contributed by atoms with van der Waals surface area (Å²) < 4.78 is 1.63. The number of H-pyrrole nitrogens is 1. The zero-order valence-electron chi connectivity index (χ0n) is 9.89. The Balaban J connectivity index is 2.48. The van der Waals surface area contributed by atoms with Gasteiger partial charge in [-0.05, 0) is 30.5 Å². The maximum atomic E-state index is 11.6. The van der Waals surface area contributed by atoms with Gasteiger partial charge in [-0.1, -0.05) is 25.1 Å². The number of aromatic amines is 1. The molecule has 17 heavy (non-hydrogen) atoms. The third-order valence-electron chi connectivity index (χ3n) is 2.98. The minimum Gasteiger partial charge on any atom is -0.330 e. The number of rotatable bonds is 4. The summed E-state index contributed by atoms with van der Waals surface area (Å²) in [5, 5.41) is 0. The molecule has 3 N–H and O–H groups in total. The van der Waals surface area contributed by atoms with Crippen LogP contribution in [0.15, 0.2) is 41.5 Å². The molecule has 0 aliphatic rings. The van der Waals surface area contributed by atoms with Crippen molar-refractivity contribution < 1.29 is 0 Å². The highest BCUT2D eigenvalue weighted by Crippen LogP contribution is 2.24. The van der Waals surface area contributed by atoms with Gasteiger partial charge in [-0.3, -0.25) is 4.57 Å². The summed E-state index contributed by atoms with van der Waals surface area (Å²) in [6.07, 6.45) is 4.30. The van der Waals surface area contributed by atoms with Gasteiger partial charge in [-0.25, -0.2) is 4.79 Å². The lowest BCUT2D eigenvalue weighted by atomic mass is 9.96. The first-order valence-corrected chi connectivity index (χ1v) is 5.79. The highest BCUT2D eigenvalue weighted by Gasteiger charge is 2.11. The van der Waals surface area contributed by atoms with Crippen molar-refractivity contribution in [1.82, 2.24) is 9.55 Å². The number of para-hydroxylation sites is 1. The molecule has 0 fully saturated rings. The molecule has 1 unspecified atom stereocenters. The maximum absolute atomic E-state index is 11.6. The van der Waals surface area contributed by atoms with E-state index in [1.807, 2.05) is 18.2 Å². The van der Waals surface area contributed by atoms with Crippen LogP contribution in [0.25, 0.3) is 5.69 Å². The number of aromatic nitrogens is 2. The van der Waals surface area contributed by atoms with Gasteiger partial charge in [-0.15, -0.1) is 0 Å². The molecule has 0 radical (unpaired) electrons. The van der Waals surface area contributed by atoms with Crippen LogP contribution in [-0.2, 0) is 0 Å². The van der Waals surface area contributed by atoms with Gasteiger partial charge in [0.05, 0.1) is 5.69 Å². The maximum Gasteiger partial charge on any atom is 0.330 e. The lowest BCUT2D eigenvalue weighted by Crippen LogP contribution is -2.16. The van der Waals surface area contributed by atoms with Gasteiger partial charge in [0, 0.05) is 12.4 Å². The third kappa shape index (κ3) is 2.31. The number of nitrogens with one attached hydrogen (secondary N) is 1. The SMILES string of the molecule is CC(CCN)c1ccccc1-n1cc[nH]c1=O. The van der Waals surface area contributed by atoms with Gasteiger partial charge < -0.3 is 10.7 Å². The Hall–Kier alpha value is -1.81. The third-order valence-corrected chi connectivity index (χ3v) is 2.98. The van der Waals surface area contributed by atoms with Crippen LogP contribution in [0, 0.1) is 0 Å². The van der Waals surface area contributed by atoms with Crippen LogP contribution in [-0.4, -0.2) is 16.1 Å². The van der Waals surface area contributed by atoms with Crippen LogP contribution in [0.2, 0.25) is 0 Å². The molecule has 4 nitrogen and oxygen atoms in total. The summed E-state index contributed by atoms with van der Waals surface area (Å²) in [5.74, 6) is 0.345. The Labute approximate surface area is 100 Å². The molecule has 2 aromatic rings. The van der Waals surface area contributed by atoms with E-state index in [9.17, 15) is 4.79 Å². The highest BCUT2D eigenvalue weighted by molar-refractivity contribution is 5.42. The van der Waals surface area contributed by atoms with Gasteiger partial charge in [-0.2, -0.15) is 0 Å². The molecular weight excluding hydrogens is 214 g/mol. The van der Waals surface area contributed by atoms with E-state index in [0.29, 0.717) is 12.5 Å². The Morgan fingerprint density at radius 3 is 2.82 bits per heavy atom. The van der Waals surface area contributed by atoms with Gasteiger partial charge >= 0.3 is 5.69 Å². The molecule has 1 aromatic heterocycles. The summed E-state index contributed by atoms with van der Waals surface area (Å²) in [4.78, 5) is 14.3. The van der Waals surface area contributed by atoms with E-state index in [1.54, 1.807) is 17.0 Å². The van der Waals surface area contributed by atoms with Crippen molar-refractivity contribution in [2.24, 2.45) is 5.73 Å². The van der Waals surface area contributed by atoms with E-state index in [4.69, 9.17) is 5.73 Å². The summed E-state index contributed by atoms with van der Waals surface area (Å²) in [7, 11) is 0. The van der Waals surface area contributed by atoms with Gasteiger partial charge in [0.15, 0.2) is 0 Å². The summed E-state index contributed by atoms with van der Waals surface area (Å²) in [6.45, 7) is 2.78. The zero-order chi connectivity index (χ0) is 12.3. The second-order valence-electron chi connectivity index (χ2n) is 4.17. The lowest BCUT2D eigenvalue weighted by Gasteiger charge is -2.15. The molecule has 1 atom stereocenters. The minimum atomic E-state index is -0.114. The van der Waals surface area contributed by atoms with Gasteiger partial charge in [0.25, 0.3) is 0 Å². The van der Waals surface area contributed by atoms with E-state index in [1.165, 1.54) is 0 Å². The molecular formula is C13H17N3O. The fourth-order valence-electron chi connectivity index (χ4n) is 2.04. The molecule has 1 aromatic carbocycles. The van der Waals surface area contributed by atoms with Crippen LogP contribution in [0.1, 0.15) is 24.8 Å². The second kappa shape index (κ2) is 5.01. The number of nitrogens with zero attached hydrogens (tertiary/aromatic N) is 1. The normalized spacial score (nSPS) is 12.6. The number of imidazole rings is 1. The van der Waals surface area contributed by atoms with Gasteiger partial charge in [0.2, 0.25) is 0 Å². The van der Waals surface area contributed by atoms with Crippen LogP contribution in [0.4, 0.5) is 0 Å². The van der Waals surface area contributed by atoms with Crippen molar-refractivity contribution in [1.29, 1.82) is 0 Å². The average Bonchev–Trinajstić information content (AvgIpc) is 2.76. The van der Waals surface area contributed by atoms with Crippen molar-refractivity contribution >= 4 is 0 Å². The second-order valence-corrected chi connectivity index (χ2v) is 4.17. The quantitative estimate of drug-likeness (QED) is 0.839. The zero-order valence-corrected chi connectivity index (χ0v) is 9.89. The molecule has 0 amide bonds. The number of nitrogens with two attached hydrogens (primary N) is 1. The molecule has 4 heteroatoms. The van der Waals surface area contributed by atoms with Crippen LogP contribution in [0.5, 0.6) is 0 Å². The topological polar surface area (TPSA) is 63.8 Å². The van der Waals surface area contributed by atoms with E-state index < -0.39 is 0 Å². The Morgan fingerprint density at radius 1 is 1.41 bits per heavy atom. The molecule has 0 aliphatic heterocycles. The fraction of sp³-hybridized carbons (Fsp3) is 0.308. The molecule has 2 rings (SSSR count). The predicted octanol–water partition coefficient (Wildman–Crippen LogP) is 1.62. The standard InChI is InChI=1S/C13H17N3O/c1-10(6-7-14)11-4-2-3-5-12(11)16-9-8-15-13(16)17/h2-5,8-10H,6-7,14H2,1H3,(H,15,17). The first-order chi connectivity index (χ1) is 8.24. The molecule has 0 saturated carbocycles. The molecule has 0 aliphatic carbocycles. The minimum absolute atomic E-state index is 0.114. The average molecular weight is 231 g/mol. The van der Waals surface area contributed by atoms with Crippen molar-refractivity contribution in [3.63, 3.8) is 0 Å². The van der Waals surface area contributed by atoms with E-state index in [2.05, 4.69) is 18.0 Å².